The number of methoxy groups -OCH3 is 1. The van der Waals surface area contributed by atoms with Gasteiger partial charge in [-0.1, -0.05) is 6.07 Å². The maximum Gasteiger partial charge on any atom is 0.127 e. The Morgan fingerprint density at radius 3 is 3.00 bits per heavy atom. The van der Waals surface area contributed by atoms with Gasteiger partial charge in [0.1, 0.15) is 18.1 Å². The van der Waals surface area contributed by atoms with Crippen LogP contribution < -0.4 is 9.47 Å². The molecule has 1 unspecified atom stereocenters. The first-order chi connectivity index (χ1) is 8.33. The molecule has 1 fully saturated rings. The molecule has 0 aromatic heterocycles. The first-order valence-corrected chi connectivity index (χ1v) is 6.34. The highest BCUT2D eigenvalue weighted by Gasteiger charge is 2.16. The molecule has 0 radical (unpaired) electrons. The Hall–Kier alpha value is -0.930. The van der Waals surface area contributed by atoms with Gasteiger partial charge in [0.2, 0.25) is 0 Å². The summed E-state index contributed by atoms with van der Waals surface area (Å²) in [6.07, 6.45) is 2.40. The lowest BCUT2D eigenvalue weighted by molar-refractivity contribution is 0.0676. The molecular formula is C13H17ClO3. The second-order valence-corrected chi connectivity index (χ2v) is 4.32. The molecule has 0 aliphatic carbocycles. The number of rotatable bonds is 5. The smallest absolute Gasteiger partial charge is 0.127 e. The van der Waals surface area contributed by atoms with Crippen LogP contribution in [0.2, 0.25) is 0 Å². The van der Waals surface area contributed by atoms with Crippen molar-refractivity contribution >= 4 is 11.6 Å². The van der Waals surface area contributed by atoms with Crippen LogP contribution in [-0.4, -0.2) is 26.4 Å². The van der Waals surface area contributed by atoms with Gasteiger partial charge < -0.3 is 14.2 Å². The fraction of sp³-hybridized carbons (Fsp3) is 0.538. The lowest BCUT2D eigenvalue weighted by atomic mass is 10.2. The Bertz CT molecular complexity index is 362. The Morgan fingerprint density at radius 1 is 1.47 bits per heavy atom. The first kappa shape index (κ1) is 12.5. The van der Waals surface area contributed by atoms with E-state index in [0.29, 0.717) is 12.5 Å². The summed E-state index contributed by atoms with van der Waals surface area (Å²) in [6, 6.07) is 5.68. The number of benzene rings is 1. The highest BCUT2D eigenvalue weighted by molar-refractivity contribution is 6.17. The maximum absolute atomic E-state index is 5.87. The van der Waals surface area contributed by atoms with E-state index in [2.05, 4.69) is 0 Å². The van der Waals surface area contributed by atoms with Gasteiger partial charge in [-0.2, -0.15) is 0 Å². The molecule has 17 heavy (non-hydrogen) atoms. The highest BCUT2D eigenvalue weighted by Crippen LogP contribution is 2.27. The van der Waals surface area contributed by atoms with Crippen LogP contribution in [0.15, 0.2) is 18.2 Å². The summed E-state index contributed by atoms with van der Waals surface area (Å²) in [6.45, 7) is 1.42. The molecule has 94 valence electrons. The molecule has 1 aliphatic rings. The average Bonchev–Trinajstić information content (AvgIpc) is 2.89. The normalized spacial score (nSPS) is 19.3. The van der Waals surface area contributed by atoms with Gasteiger partial charge in [0, 0.05) is 18.2 Å². The minimum atomic E-state index is 0.212. The maximum atomic E-state index is 5.87. The van der Waals surface area contributed by atoms with Crippen molar-refractivity contribution in [3.05, 3.63) is 23.8 Å². The molecule has 4 heteroatoms. The molecule has 3 nitrogen and oxygen atoms in total. The molecule has 0 saturated carbocycles. The molecule has 1 atom stereocenters. The summed E-state index contributed by atoms with van der Waals surface area (Å²) in [5, 5.41) is 0. The summed E-state index contributed by atoms with van der Waals surface area (Å²) in [5.41, 5.74) is 0.977. The van der Waals surface area contributed by atoms with Crippen molar-refractivity contribution in [2.45, 2.75) is 24.8 Å². The second kappa shape index (κ2) is 6.12. The van der Waals surface area contributed by atoms with Crippen molar-refractivity contribution < 1.29 is 14.2 Å². The van der Waals surface area contributed by atoms with Gasteiger partial charge in [-0.25, -0.2) is 0 Å². The number of hydrogen-bond donors (Lipinski definition) is 0. The van der Waals surface area contributed by atoms with Gasteiger partial charge in [0.05, 0.1) is 19.1 Å². The van der Waals surface area contributed by atoms with Crippen molar-refractivity contribution in [1.29, 1.82) is 0 Å². The predicted octanol–water partition coefficient (Wildman–Crippen LogP) is 2.99. The molecule has 0 N–H and O–H groups in total. The monoisotopic (exact) mass is 256 g/mol. The van der Waals surface area contributed by atoms with Gasteiger partial charge in [0.25, 0.3) is 0 Å². The van der Waals surface area contributed by atoms with Gasteiger partial charge in [0.15, 0.2) is 0 Å². The van der Waals surface area contributed by atoms with Crippen molar-refractivity contribution in [2.24, 2.45) is 0 Å². The largest absolute Gasteiger partial charge is 0.497 e. The van der Waals surface area contributed by atoms with E-state index < -0.39 is 0 Å². The molecule has 1 saturated heterocycles. The fourth-order valence-electron chi connectivity index (χ4n) is 1.87. The zero-order chi connectivity index (χ0) is 12.1. The van der Waals surface area contributed by atoms with Crippen molar-refractivity contribution in [3.63, 3.8) is 0 Å². The Morgan fingerprint density at radius 2 is 2.35 bits per heavy atom. The third kappa shape index (κ3) is 3.27. The lowest BCUT2D eigenvalue weighted by Gasteiger charge is -2.14. The number of ether oxygens (including phenoxy) is 3. The molecule has 2 rings (SSSR count). The SMILES string of the molecule is COc1ccc(CCl)c(OCC2CCCO2)c1. The van der Waals surface area contributed by atoms with E-state index in [1.165, 1.54) is 0 Å². The number of halogens is 1. The van der Waals surface area contributed by atoms with Crippen LogP contribution in [0.3, 0.4) is 0 Å². The first-order valence-electron chi connectivity index (χ1n) is 5.80. The zero-order valence-electron chi connectivity index (χ0n) is 9.95. The second-order valence-electron chi connectivity index (χ2n) is 4.05. The van der Waals surface area contributed by atoms with E-state index in [4.69, 9.17) is 25.8 Å². The molecule has 1 aromatic rings. The lowest BCUT2D eigenvalue weighted by Crippen LogP contribution is -2.16. The van der Waals surface area contributed by atoms with Crippen LogP contribution in [0.25, 0.3) is 0 Å². The quantitative estimate of drug-likeness (QED) is 0.758. The minimum Gasteiger partial charge on any atom is -0.497 e. The third-order valence-corrected chi connectivity index (χ3v) is 3.15. The van der Waals surface area contributed by atoms with Gasteiger partial charge in [-0.15, -0.1) is 11.6 Å². The topological polar surface area (TPSA) is 27.7 Å². The van der Waals surface area contributed by atoms with E-state index in [1.54, 1.807) is 7.11 Å². The standard InChI is InChI=1S/C13H17ClO3/c1-15-11-5-4-10(8-14)13(7-11)17-9-12-3-2-6-16-12/h4-5,7,12H,2-3,6,8-9H2,1H3. The summed E-state index contributed by atoms with van der Waals surface area (Å²) >= 11 is 5.87. The Labute approximate surface area is 107 Å². The van der Waals surface area contributed by atoms with Crippen LogP contribution in [0.4, 0.5) is 0 Å². The zero-order valence-corrected chi connectivity index (χ0v) is 10.7. The third-order valence-electron chi connectivity index (χ3n) is 2.87. The van der Waals surface area contributed by atoms with Crippen LogP contribution in [0.5, 0.6) is 11.5 Å². The highest BCUT2D eigenvalue weighted by atomic mass is 35.5. The summed E-state index contributed by atoms with van der Waals surface area (Å²) in [4.78, 5) is 0. The van der Waals surface area contributed by atoms with E-state index in [1.807, 2.05) is 18.2 Å². The van der Waals surface area contributed by atoms with Gasteiger partial charge in [-0.3, -0.25) is 0 Å². The van der Waals surface area contributed by atoms with E-state index in [9.17, 15) is 0 Å². The van der Waals surface area contributed by atoms with Gasteiger partial charge in [-0.05, 0) is 18.9 Å². The average molecular weight is 257 g/mol. The minimum absolute atomic E-state index is 0.212. The summed E-state index contributed by atoms with van der Waals surface area (Å²) in [5.74, 6) is 2.00. The summed E-state index contributed by atoms with van der Waals surface area (Å²) in [7, 11) is 1.64. The van der Waals surface area contributed by atoms with Crippen LogP contribution in [0.1, 0.15) is 18.4 Å². The Balaban J connectivity index is 2.01. The van der Waals surface area contributed by atoms with E-state index >= 15 is 0 Å². The molecule has 1 aliphatic heterocycles. The Kier molecular flexibility index (Phi) is 4.51. The van der Waals surface area contributed by atoms with Crippen molar-refractivity contribution in [2.75, 3.05) is 20.3 Å². The number of alkyl halides is 1. The van der Waals surface area contributed by atoms with E-state index in [-0.39, 0.29) is 6.10 Å². The van der Waals surface area contributed by atoms with Gasteiger partial charge >= 0.3 is 0 Å². The molecular weight excluding hydrogens is 240 g/mol. The van der Waals surface area contributed by atoms with Crippen molar-refractivity contribution in [3.8, 4) is 11.5 Å². The molecule has 0 amide bonds. The van der Waals surface area contributed by atoms with E-state index in [0.717, 1.165) is 36.5 Å². The van der Waals surface area contributed by atoms with Crippen LogP contribution >= 0.6 is 11.6 Å². The predicted molar refractivity (Wildman–Crippen MR) is 67.0 cm³/mol. The van der Waals surface area contributed by atoms with Crippen LogP contribution in [-0.2, 0) is 10.6 Å². The molecule has 1 aromatic carbocycles. The molecule has 1 heterocycles. The number of hydrogen-bond acceptors (Lipinski definition) is 3. The summed E-state index contributed by atoms with van der Waals surface area (Å²) < 4.78 is 16.5. The fourth-order valence-corrected chi connectivity index (χ4v) is 2.09. The van der Waals surface area contributed by atoms with Crippen LogP contribution in [0, 0.1) is 0 Å². The molecule has 0 bridgehead atoms. The van der Waals surface area contributed by atoms with Crippen molar-refractivity contribution in [1.82, 2.24) is 0 Å². The molecule has 0 spiro atoms.